The van der Waals surface area contributed by atoms with Crippen LogP contribution in [-0.2, 0) is 0 Å². The smallest absolute Gasteiger partial charge is 0.282 e. The zero-order chi connectivity index (χ0) is 9.15. The van der Waals surface area contributed by atoms with E-state index < -0.39 is 42.1 Å². The van der Waals surface area contributed by atoms with E-state index in [1.165, 1.54) is 0 Å². The van der Waals surface area contributed by atoms with Crippen molar-refractivity contribution in [3.8, 4) is 0 Å². The third kappa shape index (κ3) is 200. The predicted molar refractivity (Wildman–Crippen MR) is 6.86 cm³/mol. The van der Waals surface area contributed by atoms with Crippen LogP contribution in [0.15, 0.2) is 0 Å². The Morgan fingerprint density at radius 3 is 0.700 bits per heavy atom. The van der Waals surface area contributed by atoms with E-state index in [-0.39, 0.29) is 25.0 Å². The van der Waals surface area contributed by atoms with Crippen LogP contribution in [0, 0.1) is 0 Å². The van der Waals surface area contributed by atoms with Crippen molar-refractivity contribution in [3.63, 3.8) is 0 Å². The molecule has 0 aliphatic heterocycles. The van der Waals surface area contributed by atoms with Crippen LogP contribution in [0.4, 0.5) is 2.66 Å². The predicted octanol–water partition coefficient (Wildman–Crippen LogP) is -13.1. The Balaban J connectivity index is -0.0000000787. The Bertz CT molecular complexity index is 31.2. The van der Waals surface area contributed by atoms with Gasteiger partial charge in [-0.3, -0.25) is 0 Å². The van der Waals surface area contributed by atoms with Gasteiger partial charge in [-0.25, -0.2) is 0 Å². The van der Waals surface area contributed by atoms with Gasteiger partial charge in [0.2, 0.25) is 0 Å². The molecule has 0 heterocycles. The van der Waals surface area contributed by atoms with Gasteiger partial charge in [0, 0.05) is 0 Å². The van der Waals surface area contributed by atoms with Gasteiger partial charge in [-0.2, -0.15) is 0 Å². The fourth-order valence-electron chi connectivity index (χ4n) is 0. The third-order valence-corrected chi connectivity index (χ3v) is 0. The maximum absolute atomic E-state index is 9.63. The van der Waals surface area contributed by atoms with Crippen LogP contribution in [0.25, 0.3) is 0 Å². The van der Waals surface area contributed by atoms with Crippen molar-refractivity contribution in [1.82, 2.24) is 0 Å². The average molecular weight is 484 g/mol. The maximum atomic E-state index is 9.63. The summed E-state index contributed by atoms with van der Waals surface area (Å²) in [6.07, 6.45) is 0. The van der Waals surface area contributed by atoms with Gasteiger partial charge < -0.3 is 20.6 Å². The Morgan fingerprint density at radius 1 is 0.700 bits per heavy atom. The molecule has 0 aliphatic rings. The molecule has 0 saturated heterocycles. The molecule has 0 aromatic heterocycles. The topological polar surface area (TPSA) is 138 Å². The quantitative estimate of drug-likeness (QED) is 0.314. The second kappa shape index (κ2) is 17.2. The second-order valence-electron chi connectivity index (χ2n) is 0.378. The maximum Gasteiger partial charge on any atom is 0.282 e. The standard InChI is InChI=1S/FH.2IO3.In/c;2*2-1(3)4;/h1H;;;/q;2*-1;+3/p-1. The number of halogens is 3. The first-order chi connectivity index (χ1) is 4.46. The van der Waals surface area contributed by atoms with Gasteiger partial charge in [-0.05, 0) is 0 Å². The van der Waals surface area contributed by atoms with Crippen molar-refractivity contribution < 1.29 is 65.4 Å². The van der Waals surface area contributed by atoms with Crippen LogP contribution in [0.2, 0.25) is 0 Å². The minimum Gasteiger partial charge on any atom is -0.427 e. The van der Waals surface area contributed by atoms with Crippen molar-refractivity contribution >= 4 is 25.0 Å². The minimum atomic E-state index is -4.01. The summed E-state index contributed by atoms with van der Waals surface area (Å²) in [4.78, 5) is 0. The van der Waals surface area contributed by atoms with E-state index in [4.69, 9.17) is 20.6 Å². The summed E-state index contributed by atoms with van der Waals surface area (Å²) in [5.74, 6) is 0. The number of hydrogen-bond donors (Lipinski definition) is 0. The molecule has 0 unspecified atom stereocenters. The molecular weight excluding hydrogens is 484 g/mol. The Morgan fingerprint density at radius 2 is 0.700 bits per heavy atom. The van der Waals surface area contributed by atoms with Gasteiger partial charge in [-0.1, -0.05) is 0 Å². The zero-order valence-electron chi connectivity index (χ0n) is 4.16. The van der Waals surface area contributed by atoms with E-state index in [0.29, 0.717) is 0 Å². The summed E-state index contributed by atoms with van der Waals surface area (Å²) < 4.78 is 61.1. The molecular formula is FI2InO6. The van der Waals surface area contributed by atoms with Gasteiger partial charge in [0.1, 0.15) is 0 Å². The molecule has 0 amide bonds. The molecule has 0 radical (unpaired) electrons. The fourth-order valence-corrected chi connectivity index (χ4v) is 0. The first-order valence-electron chi connectivity index (χ1n) is 1.14. The molecule has 0 spiro atoms. The molecule has 0 saturated carbocycles. The zero-order valence-corrected chi connectivity index (χ0v) is 11.8. The van der Waals surface area contributed by atoms with Crippen LogP contribution >= 0.6 is 0 Å². The Kier molecular flexibility index (Phi) is 30.9. The van der Waals surface area contributed by atoms with E-state index >= 15 is 0 Å². The molecule has 0 fully saturated rings. The molecule has 0 N–H and O–H groups in total. The number of hydrogen-bond acceptors (Lipinski definition) is 6. The van der Waals surface area contributed by atoms with Crippen LogP contribution in [0.1, 0.15) is 0 Å². The summed E-state index contributed by atoms with van der Waals surface area (Å²) in [5, 5.41) is 0. The van der Waals surface area contributed by atoms with Crippen LogP contribution in [0.3, 0.4) is 0 Å². The van der Waals surface area contributed by atoms with Gasteiger partial charge in [-0.15, -0.1) is 0 Å². The van der Waals surface area contributed by atoms with E-state index in [9.17, 15) is 2.66 Å². The first-order valence-corrected chi connectivity index (χ1v) is 7.67. The fraction of sp³-hybridized carbons (Fsp3) is 0. The molecule has 10 heteroatoms. The van der Waals surface area contributed by atoms with E-state index in [2.05, 4.69) is 0 Å². The minimum absolute atomic E-state index is 0.150. The average Bonchev–Trinajstić information content (AvgIpc) is 1.66. The summed E-state index contributed by atoms with van der Waals surface area (Å²) >= 11 is -8.18. The van der Waals surface area contributed by atoms with Crippen molar-refractivity contribution in [3.05, 3.63) is 0 Å². The third-order valence-electron chi connectivity index (χ3n) is 0. The number of rotatable bonds is 0. The summed E-state index contributed by atoms with van der Waals surface area (Å²) in [5.41, 5.74) is 0. The van der Waals surface area contributed by atoms with Crippen LogP contribution < -0.4 is 62.7 Å². The normalized spacial score (nSPS) is 7.90. The van der Waals surface area contributed by atoms with Gasteiger partial charge in [0.25, 0.3) is 42.1 Å². The van der Waals surface area contributed by atoms with Gasteiger partial charge in [0.05, 0.1) is 0 Å². The molecule has 6 nitrogen and oxygen atoms in total. The molecule has 10 heavy (non-hydrogen) atoms. The van der Waals surface area contributed by atoms with E-state index in [1.54, 1.807) is 0 Å². The first kappa shape index (κ1) is 17.9. The van der Waals surface area contributed by atoms with Crippen molar-refractivity contribution in [1.29, 1.82) is 0 Å². The monoisotopic (exact) mass is 484 g/mol. The molecule has 0 aliphatic carbocycles. The van der Waals surface area contributed by atoms with Crippen molar-refractivity contribution in [2.75, 3.05) is 0 Å². The second-order valence-corrected chi connectivity index (χ2v) is 2.54. The molecule has 0 rings (SSSR count). The molecule has 0 aromatic carbocycles. The summed E-state index contributed by atoms with van der Waals surface area (Å²) in [6.45, 7) is 0. The van der Waals surface area contributed by atoms with E-state index in [0.717, 1.165) is 0 Å². The molecule has 0 bridgehead atoms. The van der Waals surface area contributed by atoms with Gasteiger partial charge in [0.15, 0.2) is 0 Å². The Hall–Kier alpha value is 2.02. The van der Waals surface area contributed by atoms with Crippen LogP contribution in [-0.4, -0.2) is 25.0 Å². The van der Waals surface area contributed by atoms with Crippen LogP contribution in [0.5, 0.6) is 0 Å². The molecule has 0 aromatic rings. The SMILES string of the molecule is [F][In+2].[O-][I+2]([O-])[O-].[O-][I+2]([O-])[O-]. The summed E-state index contributed by atoms with van der Waals surface area (Å²) in [7, 11) is 0. The molecule has 60 valence electrons. The van der Waals surface area contributed by atoms with Gasteiger partial charge >= 0.3 is 27.6 Å². The molecule has 0 atom stereocenters. The largest absolute Gasteiger partial charge is 0.427 e. The van der Waals surface area contributed by atoms with E-state index in [1.807, 2.05) is 0 Å². The summed E-state index contributed by atoms with van der Waals surface area (Å²) in [6, 6.07) is 0. The Labute approximate surface area is 89.2 Å². The van der Waals surface area contributed by atoms with Crippen molar-refractivity contribution in [2.45, 2.75) is 0 Å². The van der Waals surface area contributed by atoms with Crippen molar-refractivity contribution in [2.24, 2.45) is 0 Å².